The molecule has 0 amide bonds. The molecule has 6 aromatic rings. The summed E-state index contributed by atoms with van der Waals surface area (Å²) in [6.07, 6.45) is 0. The normalized spacial score (nSPS) is 9.62. The molecule has 0 aliphatic carbocycles. The number of hydrogen-bond donors (Lipinski definition) is 0. The first-order valence-corrected chi connectivity index (χ1v) is 16.9. The molecule has 5 heteroatoms. The molecule has 0 atom stereocenters. The zero-order valence-electron chi connectivity index (χ0n) is 21.0. The number of anilines is 1. The van der Waals surface area contributed by atoms with Crippen LogP contribution in [-0.4, -0.2) is 19.5 Å². The summed E-state index contributed by atoms with van der Waals surface area (Å²) in [6, 6.07) is 49.0. The summed E-state index contributed by atoms with van der Waals surface area (Å²) >= 11 is 1.64. The van der Waals surface area contributed by atoms with Gasteiger partial charge in [-0.2, -0.15) is 18.2 Å². The van der Waals surface area contributed by atoms with Crippen molar-refractivity contribution in [3.8, 4) is 0 Å². The molecule has 0 aromatic heterocycles. The number of fused-ring (bicyclic) bond motifs is 3. The fourth-order valence-electron chi connectivity index (χ4n) is 4.06. The maximum Gasteiger partial charge on any atom is -0.172 e. The molecule has 0 N–H and O–H groups in total. The van der Waals surface area contributed by atoms with E-state index in [1.165, 1.54) is 37.6 Å². The summed E-state index contributed by atoms with van der Waals surface area (Å²) < 4.78 is 0. The van der Waals surface area contributed by atoms with Crippen molar-refractivity contribution in [3.63, 3.8) is 0 Å². The van der Waals surface area contributed by atoms with E-state index in [0.29, 0.717) is 0 Å². The second-order valence-electron chi connectivity index (χ2n) is 8.44. The average molecular weight is 618 g/mol. The fraction of sp³-hybridized carbons (Fsp3) is 0.0625. The summed E-state index contributed by atoms with van der Waals surface area (Å²) in [5.41, 5.74) is 0.836. The van der Waals surface area contributed by atoms with Gasteiger partial charge in [0.1, 0.15) is 0 Å². The van der Waals surface area contributed by atoms with E-state index < -0.39 is 5.43 Å². The van der Waals surface area contributed by atoms with Gasteiger partial charge in [0.25, 0.3) is 0 Å². The van der Waals surface area contributed by atoms with Crippen molar-refractivity contribution < 1.29 is 48.1 Å². The Morgan fingerprint density at radius 3 is 1.62 bits per heavy atom. The van der Waals surface area contributed by atoms with E-state index in [1.807, 2.05) is 30.3 Å². The Balaban J connectivity index is 0.000000211. The van der Waals surface area contributed by atoms with Crippen molar-refractivity contribution in [2.24, 2.45) is 0 Å². The SMILES string of the molecule is CN(C)c1cccc2[cH-]c3ccccc3c12.[Cl-].[Cl-].[Zr+2]=[Si](c1ccccc1)c1ccccc1.c1cc[cH-]c1. The first-order valence-electron chi connectivity index (χ1n) is 11.8. The molecule has 0 spiro atoms. The van der Waals surface area contributed by atoms with Gasteiger partial charge in [0, 0.05) is 19.8 Å². The van der Waals surface area contributed by atoms with Gasteiger partial charge in [0.2, 0.25) is 0 Å². The molecule has 186 valence electrons. The third-order valence-electron chi connectivity index (χ3n) is 5.78. The Hall–Kier alpha value is -2.42. The van der Waals surface area contributed by atoms with E-state index in [2.05, 4.69) is 128 Å². The molecular weight excluding hydrogens is 589 g/mol. The predicted octanol–water partition coefficient (Wildman–Crippen LogP) is 0.531. The molecule has 0 aliphatic rings. The van der Waals surface area contributed by atoms with Crippen LogP contribution in [0.15, 0.2) is 140 Å². The number of rotatable bonds is 3. The first kappa shape index (κ1) is 30.8. The smallest absolute Gasteiger partial charge is 0.172 e. The topological polar surface area (TPSA) is 3.24 Å². The Morgan fingerprint density at radius 1 is 0.595 bits per heavy atom. The molecule has 37 heavy (non-hydrogen) atoms. The zero-order valence-corrected chi connectivity index (χ0v) is 26.0. The van der Waals surface area contributed by atoms with Crippen molar-refractivity contribution in [1.29, 1.82) is 0 Å². The third kappa shape index (κ3) is 8.28. The van der Waals surface area contributed by atoms with Crippen LogP contribution in [0.5, 0.6) is 0 Å². The van der Waals surface area contributed by atoms with Gasteiger partial charge in [-0.1, -0.05) is 35.7 Å². The van der Waals surface area contributed by atoms with Crippen LogP contribution in [-0.2, 0) is 23.3 Å². The number of hydrogen-bond acceptors (Lipinski definition) is 1. The molecule has 1 nitrogen and oxygen atoms in total. The fourth-order valence-corrected chi connectivity index (χ4v) is 7.90. The second-order valence-corrected chi connectivity index (χ2v) is 14.0. The Kier molecular flexibility index (Phi) is 13.1. The minimum absolute atomic E-state index is 0. The van der Waals surface area contributed by atoms with E-state index in [0.717, 1.165) is 0 Å². The van der Waals surface area contributed by atoms with Crippen LogP contribution in [0.2, 0.25) is 0 Å². The van der Waals surface area contributed by atoms with Gasteiger partial charge < -0.3 is 29.7 Å². The van der Waals surface area contributed by atoms with Gasteiger partial charge in [0.05, 0.1) is 0 Å². The molecule has 0 saturated carbocycles. The molecular formula is C32H29Cl2NSiZr-2. The summed E-state index contributed by atoms with van der Waals surface area (Å²) in [6.45, 7) is 0. The molecule has 6 rings (SSSR count). The number of halogens is 2. The van der Waals surface area contributed by atoms with E-state index in [9.17, 15) is 0 Å². The van der Waals surface area contributed by atoms with Gasteiger partial charge in [-0.25, -0.2) is 12.1 Å². The Morgan fingerprint density at radius 2 is 1.11 bits per heavy atom. The molecule has 0 heterocycles. The largest absolute Gasteiger partial charge is 0.214 e. The standard InChI is InChI=1S/C15H14N.C12H10Si.C5H5.2ClH.Zr/c1-16(2)14-9-5-7-12-10-11-6-3-4-8-13(11)15(12)14;1-3-7-11(8-4-1)13-12-9-5-2-6-10-12;1-2-4-5-3-1;;;/h3-10H,1-2H3;1-10H;1-5H;2*1H;/q-1;;-1;;;+2/p-2. The third-order valence-corrected chi connectivity index (χ3v) is 11.9. The van der Waals surface area contributed by atoms with Crippen LogP contribution in [0.25, 0.3) is 21.5 Å². The monoisotopic (exact) mass is 615 g/mol. The van der Waals surface area contributed by atoms with Crippen molar-refractivity contribution >= 4 is 43.0 Å². The summed E-state index contributed by atoms with van der Waals surface area (Å²) in [5, 5.41) is 8.40. The second kappa shape index (κ2) is 15.7. The van der Waals surface area contributed by atoms with Crippen LogP contribution in [0.3, 0.4) is 0 Å². The number of nitrogens with zero attached hydrogens (tertiary/aromatic N) is 1. The maximum absolute atomic E-state index is 2.26. The van der Waals surface area contributed by atoms with Crippen molar-refractivity contribution in [2.45, 2.75) is 0 Å². The van der Waals surface area contributed by atoms with Crippen molar-refractivity contribution in [1.82, 2.24) is 0 Å². The molecule has 0 aliphatic heterocycles. The van der Waals surface area contributed by atoms with E-state index in [1.54, 1.807) is 23.3 Å². The summed E-state index contributed by atoms with van der Waals surface area (Å²) in [7, 11) is 4.19. The van der Waals surface area contributed by atoms with Crippen molar-refractivity contribution in [2.75, 3.05) is 19.0 Å². The first-order chi connectivity index (χ1) is 17.1. The van der Waals surface area contributed by atoms with Gasteiger partial charge in [-0.15, -0.1) is 34.4 Å². The summed E-state index contributed by atoms with van der Waals surface area (Å²) in [4.78, 5) is 2.18. The minimum Gasteiger partial charge on any atom is -0.214 e. The quantitative estimate of drug-likeness (QED) is 0.207. The minimum atomic E-state index is -0.455. The molecule has 0 unspecified atom stereocenters. The molecule has 0 saturated heterocycles. The Bertz CT molecular complexity index is 1420. The van der Waals surface area contributed by atoms with E-state index in [-0.39, 0.29) is 24.8 Å². The number of benzene rings is 4. The van der Waals surface area contributed by atoms with E-state index in [4.69, 9.17) is 0 Å². The molecule has 0 fully saturated rings. The van der Waals surface area contributed by atoms with Crippen LogP contribution in [0.1, 0.15) is 0 Å². The predicted molar refractivity (Wildman–Crippen MR) is 151 cm³/mol. The van der Waals surface area contributed by atoms with Crippen LogP contribution in [0, 0.1) is 0 Å². The Labute approximate surface area is 248 Å². The van der Waals surface area contributed by atoms with Crippen LogP contribution >= 0.6 is 0 Å². The molecule has 6 aromatic carbocycles. The average Bonchev–Trinajstić information content (AvgIpc) is 3.61. The summed E-state index contributed by atoms with van der Waals surface area (Å²) in [5.74, 6) is 0. The van der Waals surface area contributed by atoms with Crippen LogP contribution in [0.4, 0.5) is 5.69 Å². The van der Waals surface area contributed by atoms with Crippen LogP contribution < -0.4 is 40.1 Å². The van der Waals surface area contributed by atoms with Gasteiger partial charge in [-0.3, -0.25) is 0 Å². The molecule has 0 radical (unpaired) electrons. The van der Waals surface area contributed by atoms with Crippen molar-refractivity contribution in [3.05, 3.63) is 140 Å². The maximum atomic E-state index is 2.26. The zero-order chi connectivity index (χ0) is 24.5. The van der Waals surface area contributed by atoms with E-state index >= 15 is 0 Å². The molecule has 0 bridgehead atoms. The van der Waals surface area contributed by atoms with Gasteiger partial charge >= 0.3 is 99.8 Å². The van der Waals surface area contributed by atoms with Gasteiger partial charge in [0.15, 0.2) is 0 Å². The van der Waals surface area contributed by atoms with Gasteiger partial charge in [-0.05, 0) is 0 Å².